The van der Waals surface area contributed by atoms with Gasteiger partial charge in [0.1, 0.15) is 0 Å². The number of rotatable bonds is 6. The summed E-state index contributed by atoms with van der Waals surface area (Å²) < 4.78 is 0. The van der Waals surface area contributed by atoms with Crippen molar-refractivity contribution in [3.8, 4) is 0 Å². The molecule has 1 amide bonds. The van der Waals surface area contributed by atoms with Crippen LogP contribution in [0.3, 0.4) is 0 Å². The topological polar surface area (TPSA) is 55.1 Å². The lowest BCUT2D eigenvalue weighted by Crippen LogP contribution is -2.47. The number of nitrogens with one attached hydrogen (secondary N) is 1. The van der Waals surface area contributed by atoms with Gasteiger partial charge < -0.3 is 11.1 Å². The Morgan fingerprint density at radius 3 is 1.92 bits per heavy atom. The molecule has 3 N–H and O–H groups in total. The molecular weight excluding hydrogens is 152 g/mol. The van der Waals surface area contributed by atoms with Crippen LogP contribution in [-0.4, -0.2) is 18.0 Å². The SMILES string of the molecule is CCC(CC)(CC)NCC(N)=O. The van der Waals surface area contributed by atoms with Crippen molar-refractivity contribution in [3.05, 3.63) is 0 Å². The maximum atomic E-state index is 10.6. The molecule has 0 spiro atoms. The van der Waals surface area contributed by atoms with Gasteiger partial charge in [-0.1, -0.05) is 20.8 Å². The molecule has 0 rings (SSSR count). The number of carbonyl (C=O) groups excluding carboxylic acids is 1. The minimum Gasteiger partial charge on any atom is -0.369 e. The van der Waals surface area contributed by atoms with Crippen molar-refractivity contribution >= 4 is 5.91 Å². The van der Waals surface area contributed by atoms with E-state index < -0.39 is 0 Å². The molecule has 0 saturated carbocycles. The van der Waals surface area contributed by atoms with Crippen molar-refractivity contribution in [3.63, 3.8) is 0 Å². The molecule has 0 aromatic rings. The molecule has 0 saturated heterocycles. The Bertz CT molecular complexity index is 133. The summed E-state index contributed by atoms with van der Waals surface area (Å²) in [5.74, 6) is -0.283. The van der Waals surface area contributed by atoms with E-state index in [9.17, 15) is 4.79 Å². The van der Waals surface area contributed by atoms with Crippen molar-refractivity contribution in [1.29, 1.82) is 0 Å². The predicted octanol–water partition coefficient (Wildman–Crippen LogP) is 1.03. The van der Waals surface area contributed by atoms with Crippen LogP contribution in [-0.2, 0) is 4.79 Å². The van der Waals surface area contributed by atoms with Gasteiger partial charge in [-0.2, -0.15) is 0 Å². The highest BCUT2D eigenvalue weighted by atomic mass is 16.1. The number of hydrogen-bond acceptors (Lipinski definition) is 2. The molecule has 3 heteroatoms. The van der Waals surface area contributed by atoms with Crippen LogP contribution in [0.4, 0.5) is 0 Å². The summed E-state index contributed by atoms with van der Waals surface area (Å²) in [5, 5.41) is 3.21. The zero-order chi connectivity index (χ0) is 9.61. The molecule has 12 heavy (non-hydrogen) atoms. The van der Waals surface area contributed by atoms with Gasteiger partial charge in [0, 0.05) is 5.54 Å². The second-order valence-electron chi connectivity index (χ2n) is 3.16. The van der Waals surface area contributed by atoms with Crippen molar-refractivity contribution in [2.75, 3.05) is 6.54 Å². The average Bonchev–Trinajstić information content (AvgIpc) is 2.08. The van der Waals surface area contributed by atoms with E-state index in [1.165, 1.54) is 0 Å². The van der Waals surface area contributed by atoms with Crippen LogP contribution in [0, 0.1) is 0 Å². The van der Waals surface area contributed by atoms with Crippen LogP contribution >= 0.6 is 0 Å². The molecule has 0 aliphatic heterocycles. The summed E-state index contributed by atoms with van der Waals surface area (Å²) in [6.07, 6.45) is 3.10. The second kappa shape index (κ2) is 5.14. The van der Waals surface area contributed by atoms with Gasteiger partial charge in [0.15, 0.2) is 0 Å². The Morgan fingerprint density at radius 2 is 1.67 bits per heavy atom. The average molecular weight is 172 g/mol. The Hall–Kier alpha value is -0.570. The van der Waals surface area contributed by atoms with Crippen LogP contribution in [0.2, 0.25) is 0 Å². The van der Waals surface area contributed by atoms with Gasteiger partial charge in [0.25, 0.3) is 0 Å². The fourth-order valence-electron chi connectivity index (χ4n) is 1.40. The van der Waals surface area contributed by atoms with E-state index in [2.05, 4.69) is 26.1 Å². The lowest BCUT2D eigenvalue weighted by molar-refractivity contribution is -0.117. The first-order valence-electron chi connectivity index (χ1n) is 4.63. The minimum atomic E-state index is -0.283. The van der Waals surface area contributed by atoms with E-state index >= 15 is 0 Å². The molecule has 0 aromatic carbocycles. The van der Waals surface area contributed by atoms with Gasteiger partial charge in [-0.3, -0.25) is 4.79 Å². The van der Waals surface area contributed by atoms with E-state index in [-0.39, 0.29) is 18.0 Å². The Kier molecular flexibility index (Phi) is 4.90. The first kappa shape index (κ1) is 11.4. The lowest BCUT2D eigenvalue weighted by atomic mass is 9.90. The number of carbonyl (C=O) groups is 1. The normalized spacial score (nSPS) is 11.6. The van der Waals surface area contributed by atoms with Crippen LogP contribution in [0.5, 0.6) is 0 Å². The molecule has 0 heterocycles. The van der Waals surface area contributed by atoms with Gasteiger partial charge in [-0.25, -0.2) is 0 Å². The quantitative estimate of drug-likeness (QED) is 0.628. The molecular formula is C9H20N2O. The van der Waals surface area contributed by atoms with Crippen molar-refractivity contribution in [2.24, 2.45) is 5.73 Å². The molecule has 72 valence electrons. The van der Waals surface area contributed by atoms with E-state index in [4.69, 9.17) is 5.73 Å². The molecule has 3 nitrogen and oxygen atoms in total. The van der Waals surface area contributed by atoms with Crippen LogP contribution in [0.25, 0.3) is 0 Å². The minimum absolute atomic E-state index is 0.106. The molecule has 0 aromatic heterocycles. The summed E-state index contributed by atoms with van der Waals surface area (Å²) in [6.45, 7) is 6.67. The maximum absolute atomic E-state index is 10.6. The molecule has 0 fully saturated rings. The van der Waals surface area contributed by atoms with Crippen molar-refractivity contribution in [2.45, 2.75) is 45.6 Å². The largest absolute Gasteiger partial charge is 0.369 e. The number of nitrogens with two attached hydrogens (primary N) is 1. The standard InChI is InChI=1S/C9H20N2O/c1-4-9(5-2,6-3)11-7-8(10)12/h11H,4-7H2,1-3H3,(H2,10,12). The van der Waals surface area contributed by atoms with E-state index in [1.54, 1.807) is 0 Å². The number of amides is 1. The third kappa shape index (κ3) is 3.22. The third-order valence-corrected chi connectivity index (χ3v) is 2.67. The second-order valence-corrected chi connectivity index (χ2v) is 3.16. The zero-order valence-corrected chi connectivity index (χ0v) is 8.31. The Balaban J connectivity index is 4.01. The van der Waals surface area contributed by atoms with Crippen LogP contribution < -0.4 is 11.1 Å². The first-order chi connectivity index (χ1) is 5.60. The molecule has 0 aliphatic carbocycles. The highest BCUT2D eigenvalue weighted by molar-refractivity contribution is 5.75. The first-order valence-corrected chi connectivity index (χ1v) is 4.63. The highest BCUT2D eigenvalue weighted by Gasteiger charge is 2.22. The van der Waals surface area contributed by atoms with E-state index in [0.717, 1.165) is 19.3 Å². The molecule has 0 unspecified atom stereocenters. The Labute approximate surface area is 74.7 Å². The van der Waals surface area contributed by atoms with Crippen LogP contribution in [0.1, 0.15) is 40.0 Å². The van der Waals surface area contributed by atoms with Crippen molar-refractivity contribution < 1.29 is 4.79 Å². The lowest BCUT2D eigenvalue weighted by Gasteiger charge is -2.31. The summed E-state index contributed by atoms with van der Waals surface area (Å²) in [7, 11) is 0. The van der Waals surface area contributed by atoms with E-state index in [0.29, 0.717) is 0 Å². The Morgan fingerprint density at radius 1 is 1.25 bits per heavy atom. The van der Waals surface area contributed by atoms with Gasteiger partial charge in [0.2, 0.25) is 5.91 Å². The van der Waals surface area contributed by atoms with E-state index in [1.807, 2.05) is 0 Å². The fraction of sp³-hybridized carbons (Fsp3) is 0.889. The summed E-state index contributed by atoms with van der Waals surface area (Å²) in [5.41, 5.74) is 5.17. The highest BCUT2D eigenvalue weighted by Crippen LogP contribution is 2.18. The molecule has 0 bridgehead atoms. The van der Waals surface area contributed by atoms with Gasteiger partial charge >= 0.3 is 0 Å². The molecule has 0 radical (unpaired) electrons. The third-order valence-electron chi connectivity index (χ3n) is 2.67. The fourth-order valence-corrected chi connectivity index (χ4v) is 1.40. The van der Waals surface area contributed by atoms with Gasteiger partial charge in [-0.15, -0.1) is 0 Å². The summed E-state index contributed by atoms with van der Waals surface area (Å²) in [6, 6.07) is 0. The monoisotopic (exact) mass is 172 g/mol. The maximum Gasteiger partial charge on any atom is 0.231 e. The smallest absolute Gasteiger partial charge is 0.231 e. The van der Waals surface area contributed by atoms with Crippen LogP contribution in [0.15, 0.2) is 0 Å². The summed E-state index contributed by atoms with van der Waals surface area (Å²) >= 11 is 0. The molecule has 0 atom stereocenters. The van der Waals surface area contributed by atoms with Crippen molar-refractivity contribution in [1.82, 2.24) is 5.32 Å². The van der Waals surface area contributed by atoms with Gasteiger partial charge in [0.05, 0.1) is 6.54 Å². The van der Waals surface area contributed by atoms with Gasteiger partial charge in [-0.05, 0) is 19.3 Å². The molecule has 0 aliphatic rings. The summed E-state index contributed by atoms with van der Waals surface area (Å²) in [4.78, 5) is 10.6. The number of hydrogen-bond donors (Lipinski definition) is 2. The predicted molar refractivity (Wildman–Crippen MR) is 50.8 cm³/mol. The number of primary amides is 1. The zero-order valence-electron chi connectivity index (χ0n) is 8.31.